The summed E-state index contributed by atoms with van der Waals surface area (Å²) >= 11 is 21.8. The van der Waals surface area contributed by atoms with Crippen LogP contribution in [0.1, 0.15) is 13.8 Å². The van der Waals surface area contributed by atoms with Crippen molar-refractivity contribution in [3.63, 3.8) is 0 Å². The maximum absolute atomic E-state index is 11.4. The van der Waals surface area contributed by atoms with E-state index < -0.39 is 8.25 Å². The Morgan fingerprint density at radius 2 is 1.28 bits per heavy atom. The Morgan fingerprint density at radius 3 is 1.56 bits per heavy atom. The molecule has 18 heavy (non-hydrogen) atoms. The molecular weight excluding hydrogens is 345 g/mol. The molecule has 0 aromatic rings. The van der Waals surface area contributed by atoms with Crippen molar-refractivity contribution < 1.29 is 13.6 Å². The van der Waals surface area contributed by atoms with Gasteiger partial charge in [-0.2, -0.15) is 0 Å². The van der Waals surface area contributed by atoms with E-state index in [1.807, 2.05) is 13.8 Å². The van der Waals surface area contributed by atoms with Gasteiger partial charge < -0.3 is 9.05 Å². The van der Waals surface area contributed by atoms with E-state index in [-0.39, 0.29) is 25.0 Å². The molecule has 0 amide bonds. The molecule has 0 bridgehead atoms. The van der Waals surface area contributed by atoms with Gasteiger partial charge in [0.1, 0.15) is 0 Å². The number of hydrogen-bond acceptors (Lipinski definition) is 5. The molecular formula is C8H17Cl4N2O3P. The van der Waals surface area contributed by atoms with Crippen molar-refractivity contribution >= 4 is 55.4 Å². The van der Waals surface area contributed by atoms with Crippen molar-refractivity contribution in [3.05, 3.63) is 0 Å². The third-order valence-corrected chi connectivity index (χ3v) is 3.23. The summed E-state index contributed by atoms with van der Waals surface area (Å²) in [6, 6.07) is 0. The second-order valence-electron chi connectivity index (χ2n) is 4.05. The van der Waals surface area contributed by atoms with E-state index in [4.69, 9.17) is 56.2 Å². The highest BCUT2D eigenvalue weighted by atomic mass is 35.5. The minimum absolute atomic E-state index is 0.0520. The van der Waals surface area contributed by atoms with Gasteiger partial charge in [0.25, 0.3) is 0 Å². The van der Waals surface area contributed by atoms with Crippen molar-refractivity contribution in [1.82, 2.24) is 7.88 Å². The lowest BCUT2D eigenvalue weighted by Crippen LogP contribution is -2.16. The number of halogens is 4. The smallest absolute Gasteiger partial charge is 0.310 e. The zero-order valence-electron chi connectivity index (χ0n) is 10.1. The number of nitrogens with zero attached hydrogens (tertiary/aromatic N) is 2. The summed E-state index contributed by atoms with van der Waals surface area (Å²) in [6.45, 7) is 5.10. The maximum Gasteiger partial charge on any atom is 0.319 e. The van der Waals surface area contributed by atoms with E-state index >= 15 is 0 Å². The molecule has 0 aliphatic rings. The third-order valence-electron chi connectivity index (χ3n) is 1.87. The van der Waals surface area contributed by atoms with Gasteiger partial charge in [0.05, 0.1) is 13.2 Å². The van der Waals surface area contributed by atoms with Crippen LogP contribution < -0.4 is 0 Å². The Hall–Kier alpha value is 1.23. The summed E-state index contributed by atoms with van der Waals surface area (Å²) in [7, 11) is -2.51. The Balaban J connectivity index is 3.65. The topological polar surface area (TPSA) is 42.0 Å². The Labute approximate surface area is 129 Å². The van der Waals surface area contributed by atoms with Crippen LogP contribution >= 0.6 is 55.4 Å². The van der Waals surface area contributed by atoms with Gasteiger partial charge in [0.15, 0.2) is 0 Å². The van der Waals surface area contributed by atoms with Crippen LogP contribution in [0.3, 0.4) is 0 Å². The lowest BCUT2D eigenvalue weighted by atomic mass is 10.2. The van der Waals surface area contributed by atoms with Gasteiger partial charge in [-0.25, -0.2) is 0 Å². The largest absolute Gasteiger partial charge is 0.319 e. The van der Waals surface area contributed by atoms with Crippen molar-refractivity contribution in [3.8, 4) is 0 Å². The Kier molecular flexibility index (Phi) is 11.7. The first-order valence-electron chi connectivity index (χ1n) is 5.29. The van der Waals surface area contributed by atoms with Crippen LogP contribution in [-0.4, -0.2) is 34.2 Å². The molecule has 0 N–H and O–H groups in total. The predicted molar refractivity (Wildman–Crippen MR) is 76.1 cm³/mol. The number of hydrogen-bond donors (Lipinski definition) is 0. The summed E-state index contributed by atoms with van der Waals surface area (Å²) in [6.07, 6.45) is 0. The molecule has 0 fully saturated rings. The SMILES string of the molecule is CC(CO[PH](=O)OCC(C)CN(Cl)Cl)CN(Cl)Cl. The fraction of sp³-hybridized carbons (Fsp3) is 1.00. The first-order valence-corrected chi connectivity index (χ1v) is 7.86. The van der Waals surface area contributed by atoms with Crippen molar-refractivity contribution in [2.24, 2.45) is 11.8 Å². The molecule has 0 aromatic carbocycles. The van der Waals surface area contributed by atoms with Gasteiger partial charge in [0.2, 0.25) is 0 Å². The fourth-order valence-corrected chi connectivity index (χ4v) is 2.91. The second kappa shape index (κ2) is 11.0. The monoisotopic (exact) mass is 360 g/mol. The number of rotatable bonds is 10. The minimum Gasteiger partial charge on any atom is -0.310 e. The van der Waals surface area contributed by atoms with Crippen LogP contribution in [0.15, 0.2) is 0 Å². The van der Waals surface area contributed by atoms with E-state index in [2.05, 4.69) is 0 Å². The van der Waals surface area contributed by atoms with E-state index in [9.17, 15) is 4.57 Å². The normalized spacial score (nSPS) is 17.1. The van der Waals surface area contributed by atoms with Crippen molar-refractivity contribution in [2.45, 2.75) is 13.8 Å². The Morgan fingerprint density at radius 1 is 0.944 bits per heavy atom. The highest BCUT2D eigenvalue weighted by Gasteiger charge is 2.11. The molecule has 110 valence electrons. The van der Waals surface area contributed by atoms with Crippen LogP contribution in [0.25, 0.3) is 0 Å². The molecule has 0 heterocycles. The third kappa shape index (κ3) is 12.3. The zero-order chi connectivity index (χ0) is 14.1. The summed E-state index contributed by atoms with van der Waals surface area (Å²) in [5.74, 6) is 0.104. The molecule has 0 saturated carbocycles. The fourth-order valence-electron chi connectivity index (χ4n) is 1.04. The highest BCUT2D eigenvalue weighted by molar-refractivity contribution is 7.33. The standard InChI is InChI=1S/C8H17Cl4N2O3P/c1-7(3-13(9)10)5-16-18(15)17-6-8(2)4-14(11)12/h7-8,18H,3-6H2,1-2H3. The molecule has 0 spiro atoms. The highest BCUT2D eigenvalue weighted by Crippen LogP contribution is 2.26. The van der Waals surface area contributed by atoms with Gasteiger partial charge in [-0.3, -0.25) is 4.57 Å². The summed E-state index contributed by atoms with van der Waals surface area (Å²) < 4.78 is 23.5. The van der Waals surface area contributed by atoms with Crippen molar-refractivity contribution in [1.29, 1.82) is 0 Å². The first kappa shape index (κ1) is 19.2. The average molecular weight is 362 g/mol. The van der Waals surface area contributed by atoms with Crippen LogP contribution in [0.5, 0.6) is 0 Å². The molecule has 0 aliphatic heterocycles. The first-order chi connectivity index (χ1) is 8.31. The van der Waals surface area contributed by atoms with Gasteiger partial charge in [0, 0.05) is 13.1 Å². The van der Waals surface area contributed by atoms with Crippen LogP contribution in [-0.2, 0) is 13.6 Å². The average Bonchev–Trinajstić information content (AvgIpc) is 2.21. The predicted octanol–water partition coefficient (Wildman–Crippen LogP) is 3.90. The molecule has 5 nitrogen and oxygen atoms in total. The maximum atomic E-state index is 11.4. The van der Waals surface area contributed by atoms with Crippen LogP contribution in [0.4, 0.5) is 0 Å². The summed E-state index contributed by atoms with van der Waals surface area (Å²) in [5, 5.41) is 0. The molecule has 2 atom stereocenters. The van der Waals surface area contributed by atoms with Crippen LogP contribution in [0.2, 0.25) is 0 Å². The van der Waals surface area contributed by atoms with Gasteiger partial charge >= 0.3 is 8.25 Å². The lowest BCUT2D eigenvalue weighted by molar-refractivity contribution is 0.180. The van der Waals surface area contributed by atoms with Gasteiger partial charge in [-0.1, -0.05) is 13.8 Å². The molecule has 0 saturated heterocycles. The van der Waals surface area contributed by atoms with Crippen LogP contribution in [0, 0.1) is 11.8 Å². The molecule has 0 radical (unpaired) electrons. The van der Waals surface area contributed by atoms with Gasteiger partial charge in [-0.05, 0) is 58.9 Å². The summed E-state index contributed by atoms with van der Waals surface area (Å²) in [5.41, 5.74) is 0. The summed E-state index contributed by atoms with van der Waals surface area (Å²) in [4.78, 5) is 0. The van der Waals surface area contributed by atoms with E-state index in [0.717, 1.165) is 7.88 Å². The second-order valence-corrected chi connectivity index (χ2v) is 7.11. The molecule has 0 rings (SSSR count). The minimum atomic E-state index is -2.51. The molecule has 2 unspecified atom stereocenters. The molecule has 0 aliphatic carbocycles. The van der Waals surface area contributed by atoms with E-state index in [1.165, 1.54) is 0 Å². The lowest BCUT2D eigenvalue weighted by Gasteiger charge is -2.15. The Bertz CT molecular complexity index is 226. The quantitative estimate of drug-likeness (QED) is 0.436. The molecule has 10 heteroatoms. The van der Waals surface area contributed by atoms with Gasteiger partial charge in [-0.15, -0.1) is 7.88 Å². The molecule has 0 aromatic heterocycles. The van der Waals surface area contributed by atoms with E-state index in [1.54, 1.807) is 0 Å². The zero-order valence-corrected chi connectivity index (χ0v) is 14.1. The van der Waals surface area contributed by atoms with E-state index in [0.29, 0.717) is 13.1 Å². The van der Waals surface area contributed by atoms with Crippen molar-refractivity contribution in [2.75, 3.05) is 26.3 Å².